The predicted octanol–water partition coefficient (Wildman–Crippen LogP) is 0.742. The summed E-state index contributed by atoms with van der Waals surface area (Å²) in [6.07, 6.45) is 1.26. The molecule has 2 heterocycles. The van der Waals surface area contributed by atoms with Crippen molar-refractivity contribution in [3.8, 4) is 5.75 Å². The van der Waals surface area contributed by atoms with Gasteiger partial charge in [0.25, 0.3) is 5.56 Å². The van der Waals surface area contributed by atoms with Crippen molar-refractivity contribution in [1.82, 2.24) is 14.9 Å². The monoisotopic (exact) mass is 372 g/mol. The number of anilines is 1. The number of benzene rings is 1. The van der Waals surface area contributed by atoms with Crippen LogP contribution in [0.5, 0.6) is 5.75 Å². The smallest absolute Gasteiger partial charge is 0.325 e. The Kier molecular flexibility index (Phi) is 5.07. The quantitative estimate of drug-likeness (QED) is 0.825. The largest absolute Gasteiger partial charge is 0.495 e. The zero-order chi connectivity index (χ0) is 19.6. The number of para-hydroxylation sites is 2. The summed E-state index contributed by atoms with van der Waals surface area (Å²) in [7, 11) is 1.65. The molecule has 1 saturated heterocycles. The van der Waals surface area contributed by atoms with Gasteiger partial charge >= 0.3 is 5.69 Å². The topological polar surface area (TPSA) is 98.5 Å². The maximum atomic E-state index is 12.7. The Morgan fingerprint density at radius 3 is 2.63 bits per heavy atom. The number of H-pyrrole nitrogens is 2. The first-order chi connectivity index (χ1) is 12.8. The Morgan fingerprint density at radius 1 is 1.22 bits per heavy atom. The molecule has 0 saturated carbocycles. The van der Waals surface area contributed by atoms with Gasteiger partial charge in [-0.2, -0.15) is 0 Å². The predicted molar refractivity (Wildman–Crippen MR) is 102 cm³/mol. The van der Waals surface area contributed by atoms with Crippen molar-refractivity contribution in [3.63, 3.8) is 0 Å². The minimum atomic E-state index is -0.581. The Morgan fingerprint density at radius 2 is 1.96 bits per heavy atom. The van der Waals surface area contributed by atoms with E-state index in [0.29, 0.717) is 19.6 Å². The van der Waals surface area contributed by atoms with Crippen LogP contribution in [-0.2, 0) is 11.2 Å². The number of methoxy groups -OCH3 is 1. The van der Waals surface area contributed by atoms with E-state index in [4.69, 9.17) is 4.74 Å². The van der Waals surface area contributed by atoms with Crippen molar-refractivity contribution < 1.29 is 9.53 Å². The Balaban J connectivity index is 1.75. The highest BCUT2D eigenvalue weighted by atomic mass is 16.5. The maximum absolute atomic E-state index is 12.7. The fourth-order valence-corrected chi connectivity index (χ4v) is 3.51. The molecule has 1 aliphatic heterocycles. The summed E-state index contributed by atoms with van der Waals surface area (Å²) < 4.78 is 5.48. The molecule has 0 unspecified atom stereocenters. The van der Waals surface area contributed by atoms with E-state index < -0.39 is 11.2 Å². The molecule has 1 aromatic heterocycles. The van der Waals surface area contributed by atoms with E-state index >= 15 is 0 Å². The summed E-state index contributed by atoms with van der Waals surface area (Å²) in [5.74, 6) is 0.658. The molecule has 27 heavy (non-hydrogen) atoms. The number of hydrogen-bond donors (Lipinski definition) is 2. The van der Waals surface area contributed by atoms with Gasteiger partial charge in [0.15, 0.2) is 0 Å². The van der Waals surface area contributed by atoms with Gasteiger partial charge in [0.05, 0.1) is 24.8 Å². The second kappa shape index (κ2) is 7.30. The number of amides is 1. The molecule has 144 valence electrons. The SMILES string of the molecule is COc1ccccc1N1CCN(C(=O)Cc2c[nH]c(=O)[nH]c2=O)CC1(C)C. The number of nitrogens with one attached hydrogen (secondary N) is 2. The van der Waals surface area contributed by atoms with Crippen molar-refractivity contribution in [1.29, 1.82) is 0 Å². The second-order valence-corrected chi connectivity index (χ2v) is 7.23. The van der Waals surface area contributed by atoms with Crippen molar-refractivity contribution >= 4 is 11.6 Å². The van der Waals surface area contributed by atoms with Gasteiger partial charge in [-0.15, -0.1) is 0 Å². The lowest BCUT2D eigenvalue weighted by atomic mass is 9.97. The standard InChI is InChI=1S/C19H24N4O4/c1-19(2)12-22(16(24)10-13-11-20-18(26)21-17(13)25)8-9-23(19)14-6-4-5-7-15(14)27-3/h4-7,11H,8-10,12H2,1-3H3,(H2,20,21,25,26). The molecule has 0 spiro atoms. The molecule has 0 bridgehead atoms. The van der Waals surface area contributed by atoms with Crippen LogP contribution in [0.2, 0.25) is 0 Å². The van der Waals surface area contributed by atoms with E-state index in [1.165, 1.54) is 6.20 Å². The zero-order valence-electron chi connectivity index (χ0n) is 15.7. The number of nitrogens with zero attached hydrogens (tertiary/aromatic N) is 2. The van der Waals surface area contributed by atoms with Crippen LogP contribution in [0, 0.1) is 0 Å². The van der Waals surface area contributed by atoms with E-state index in [2.05, 4.69) is 28.7 Å². The van der Waals surface area contributed by atoms with Crippen LogP contribution in [0.1, 0.15) is 19.4 Å². The van der Waals surface area contributed by atoms with Gasteiger partial charge in [0.1, 0.15) is 5.75 Å². The van der Waals surface area contributed by atoms with Gasteiger partial charge in [-0.1, -0.05) is 12.1 Å². The third-order valence-corrected chi connectivity index (χ3v) is 4.87. The highest BCUT2D eigenvalue weighted by Crippen LogP contribution is 2.34. The van der Waals surface area contributed by atoms with Crippen LogP contribution < -0.4 is 20.9 Å². The lowest BCUT2D eigenvalue weighted by Gasteiger charge is -2.48. The van der Waals surface area contributed by atoms with Gasteiger partial charge in [0.2, 0.25) is 5.91 Å². The first-order valence-corrected chi connectivity index (χ1v) is 8.81. The first kappa shape index (κ1) is 18.8. The molecule has 1 fully saturated rings. The summed E-state index contributed by atoms with van der Waals surface area (Å²) in [5.41, 5.74) is -0.166. The highest BCUT2D eigenvalue weighted by Gasteiger charge is 2.36. The van der Waals surface area contributed by atoms with Crippen LogP contribution in [0.25, 0.3) is 0 Å². The maximum Gasteiger partial charge on any atom is 0.325 e. The summed E-state index contributed by atoms with van der Waals surface area (Å²) in [6, 6.07) is 7.83. The molecule has 0 aliphatic carbocycles. The fraction of sp³-hybridized carbons (Fsp3) is 0.421. The lowest BCUT2D eigenvalue weighted by molar-refractivity contribution is -0.132. The van der Waals surface area contributed by atoms with E-state index in [9.17, 15) is 14.4 Å². The van der Waals surface area contributed by atoms with Crippen LogP contribution in [0.4, 0.5) is 5.69 Å². The normalized spacial score (nSPS) is 16.3. The van der Waals surface area contributed by atoms with Crippen LogP contribution in [-0.4, -0.2) is 53.1 Å². The van der Waals surface area contributed by atoms with Gasteiger partial charge in [-0.05, 0) is 26.0 Å². The van der Waals surface area contributed by atoms with E-state index in [0.717, 1.165) is 11.4 Å². The van der Waals surface area contributed by atoms with Crippen molar-refractivity contribution in [2.75, 3.05) is 31.6 Å². The molecule has 0 atom stereocenters. The van der Waals surface area contributed by atoms with Crippen molar-refractivity contribution in [2.45, 2.75) is 25.8 Å². The van der Waals surface area contributed by atoms with E-state index in [1.54, 1.807) is 12.0 Å². The minimum absolute atomic E-state index is 0.0448. The highest BCUT2D eigenvalue weighted by molar-refractivity contribution is 5.79. The molecule has 2 aromatic rings. The van der Waals surface area contributed by atoms with Gasteiger partial charge in [-0.3, -0.25) is 14.6 Å². The van der Waals surface area contributed by atoms with Gasteiger partial charge in [0, 0.05) is 31.4 Å². The number of hydrogen-bond acceptors (Lipinski definition) is 5. The number of carbonyl (C=O) groups excluding carboxylic acids is 1. The Hall–Kier alpha value is -3.03. The Bertz CT molecular complexity index is 947. The van der Waals surface area contributed by atoms with Crippen LogP contribution in [0.15, 0.2) is 40.1 Å². The number of ether oxygens (including phenoxy) is 1. The van der Waals surface area contributed by atoms with Crippen molar-refractivity contribution in [2.24, 2.45) is 0 Å². The molecule has 1 aromatic carbocycles. The zero-order valence-corrected chi connectivity index (χ0v) is 15.7. The lowest BCUT2D eigenvalue weighted by Crippen LogP contribution is -2.61. The van der Waals surface area contributed by atoms with E-state index in [1.807, 2.05) is 24.3 Å². The average molecular weight is 372 g/mol. The molecule has 0 radical (unpaired) electrons. The number of piperazine rings is 1. The van der Waals surface area contributed by atoms with Crippen LogP contribution >= 0.6 is 0 Å². The number of carbonyl (C=O) groups is 1. The molecule has 8 heteroatoms. The summed E-state index contributed by atoms with van der Waals surface area (Å²) in [6.45, 7) is 5.87. The van der Waals surface area contributed by atoms with Gasteiger partial charge in [-0.25, -0.2) is 4.79 Å². The third-order valence-electron chi connectivity index (χ3n) is 4.87. The molecule has 3 rings (SSSR count). The third kappa shape index (κ3) is 3.89. The molecule has 1 amide bonds. The summed E-state index contributed by atoms with van der Waals surface area (Å²) >= 11 is 0. The fourth-order valence-electron chi connectivity index (χ4n) is 3.51. The average Bonchev–Trinajstić information content (AvgIpc) is 2.63. The van der Waals surface area contributed by atoms with Gasteiger partial charge < -0.3 is 19.5 Å². The van der Waals surface area contributed by atoms with Crippen molar-refractivity contribution in [3.05, 3.63) is 56.9 Å². The number of aromatic nitrogens is 2. The Labute approximate surface area is 156 Å². The molecule has 8 nitrogen and oxygen atoms in total. The number of rotatable bonds is 4. The minimum Gasteiger partial charge on any atom is -0.495 e. The second-order valence-electron chi connectivity index (χ2n) is 7.23. The van der Waals surface area contributed by atoms with E-state index in [-0.39, 0.29) is 23.4 Å². The molecule has 2 N–H and O–H groups in total. The molecular weight excluding hydrogens is 348 g/mol. The molecular formula is C19H24N4O4. The van der Waals surface area contributed by atoms with Crippen LogP contribution in [0.3, 0.4) is 0 Å². The first-order valence-electron chi connectivity index (χ1n) is 8.81. The summed E-state index contributed by atoms with van der Waals surface area (Å²) in [4.78, 5) is 44.2. The number of aromatic amines is 2. The summed E-state index contributed by atoms with van der Waals surface area (Å²) in [5, 5.41) is 0. The molecule has 1 aliphatic rings.